The van der Waals surface area contributed by atoms with E-state index in [2.05, 4.69) is 15.3 Å². The Bertz CT molecular complexity index is 602. The Labute approximate surface area is 116 Å². The fourth-order valence-electron chi connectivity index (χ4n) is 1.31. The van der Waals surface area contributed by atoms with Crippen molar-refractivity contribution >= 4 is 34.7 Å². The van der Waals surface area contributed by atoms with Crippen LogP contribution in [0.5, 0.6) is 0 Å². The van der Waals surface area contributed by atoms with Crippen LogP contribution in [0, 0.1) is 0 Å². The summed E-state index contributed by atoms with van der Waals surface area (Å²) in [6.07, 6.45) is -4.66. The zero-order valence-electron chi connectivity index (χ0n) is 9.17. The third-order valence-electron chi connectivity index (χ3n) is 2.09. The van der Waals surface area contributed by atoms with Gasteiger partial charge in [0.05, 0.1) is 10.7 Å². The highest BCUT2D eigenvalue weighted by Gasteiger charge is 2.35. The summed E-state index contributed by atoms with van der Waals surface area (Å²) in [6, 6.07) is 7.76. The number of alkyl halides is 3. The van der Waals surface area contributed by atoms with Crippen LogP contribution in [0.1, 0.15) is 5.82 Å². The summed E-state index contributed by atoms with van der Waals surface area (Å²) in [6.45, 7) is 0. The molecule has 0 saturated heterocycles. The van der Waals surface area contributed by atoms with Crippen LogP contribution in [-0.4, -0.2) is 9.97 Å². The summed E-state index contributed by atoms with van der Waals surface area (Å²) in [5, 5.41) is 2.70. The van der Waals surface area contributed by atoms with Crippen molar-refractivity contribution in [3.8, 4) is 0 Å². The van der Waals surface area contributed by atoms with E-state index >= 15 is 0 Å². The van der Waals surface area contributed by atoms with Crippen molar-refractivity contribution in [3.05, 3.63) is 46.3 Å². The van der Waals surface area contributed by atoms with Crippen LogP contribution in [0.25, 0.3) is 0 Å². The van der Waals surface area contributed by atoms with Gasteiger partial charge in [-0.15, -0.1) is 0 Å². The van der Waals surface area contributed by atoms with Crippen molar-refractivity contribution in [2.75, 3.05) is 5.32 Å². The standard InChI is InChI=1S/C11H6Cl2F3N3/c12-6-3-1-2-4-7(6)17-9-5-8(13)18-10(19-9)11(14,15)16/h1-5H,(H,17,18,19). The molecule has 1 aromatic carbocycles. The fraction of sp³-hybridized carbons (Fsp3) is 0.0909. The molecule has 0 amide bonds. The Hall–Kier alpha value is -1.53. The van der Waals surface area contributed by atoms with E-state index in [1.54, 1.807) is 24.3 Å². The molecule has 0 unspecified atom stereocenters. The number of hydrogen-bond acceptors (Lipinski definition) is 3. The fourth-order valence-corrected chi connectivity index (χ4v) is 1.68. The van der Waals surface area contributed by atoms with Crippen molar-refractivity contribution in [2.24, 2.45) is 0 Å². The molecule has 0 aliphatic heterocycles. The Morgan fingerprint density at radius 3 is 2.37 bits per heavy atom. The van der Waals surface area contributed by atoms with Gasteiger partial charge in [0.2, 0.25) is 5.82 Å². The van der Waals surface area contributed by atoms with Gasteiger partial charge < -0.3 is 5.32 Å². The molecule has 0 saturated carbocycles. The van der Waals surface area contributed by atoms with Gasteiger partial charge in [-0.3, -0.25) is 0 Å². The van der Waals surface area contributed by atoms with Crippen LogP contribution in [-0.2, 0) is 6.18 Å². The van der Waals surface area contributed by atoms with Crippen molar-refractivity contribution in [1.82, 2.24) is 9.97 Å². The van der Waals surface area contributed by atoms with E-state index in [0.29, 0.717) is 10.7 Å². The van der Waals surface area contributed by atoms with Crippen molar-refractivity contribution in [1.29, 1.82) is 0 Å². The minimum atomic E-state index is -4.66. The summed E-state index contributed by atoms with van der Waals surface area (Å²) in [5.74, 6) is -1.39. The normalized spacial score (nSPS) is 11.4. The number of hydrogen-bond donors (Lipinski definition) is 1. The molecule has 0 aliphatic carbocycles. The first-order valence-corrected chi connectivity index (χ1v) is 5.75. The molecule has 1 aromatic heterocycles. The quantitative estimate of drug-likeness (QED) is 0.827. The number of para-hydroxylation sites is 1. The van der Waals surface area contributed by atoms with Gasteiger partial charge in [-0.2, -0.15) is 13.2 Å². The summed E-state index contributed by atoms with van der Waals surface area (Å²) in [7, 11) is 0. The Morgan fingerprint density at radius 1 is 1.05 bits per heavy atom. The minimum Gasteiger partial charge on any atom is -0.339 e. The molecule has 8 heteroatoms. The monoisotopic (exact) mass is 307 g/mol. The van der Waals surface area contributed by atoms with Gasteiger partial charge >= 0.3 is 6.18 Å². The van der Waals surface area contributed by atoms with Crippen LogP contribution in [0.15, 0.2) is 30.3 Å². The molecule has 0 spiro atoms. The average molecular weight is 308 g/mol. The molecule has 0 atom stereocenters. The molecule has 0 radical (unpaired) electrons. The van der Waals surface area contributed by atoms with E-state index in [1.165, 1.54) is 6.07 Å². The van der Waals surface area contributed by atoms with Gasteiger partial charge in [-0.05, 0) is 12.1 Å². The first kappa shape index (κ1) is 13.9. The Kier molecular flexibility index (Phi) is 3.82. The molecule has 19 heavy (non-hydrogen) atoms. The first-order valence-electron chi connectivity index (χ1n) is 4.99. The van der Waals surface area contributed by atoms with Gasteiger partial charge in [0.25, 0.3) is 0 Å². The number of nitrogens with one attached hydrogen (secondary N) is 1. The third kappa shape index (κ3) is 3.48. The molecule has 0 bridgehead atoms. The highest BCUT2D eigenvalue weighted by atomic mass is 35.5. The summed E-state index contributed by atoms with van der Waals surface area (Å²) < 4.78 is 37.6. The van der Waals surface area contributed by atoms with Crippen molar-refractivity contribution < 1.29 is 13.2 Å². The van der Waals surface area contributed by atoms with E-state index in [1.807, 2.05) is 0 Å². The Morgan fingerprint density at radius 2 is 1.74 bits per heavy atom. The molecule has 2 aromatic rings. The summed E-state index contributed by atoms with van der Waals surface area (Å²) in [5.41, 5.74) is 0.423. The lowest BCUT2D eigenvalue weighted by Crippen LogP contribution is -2.12. The maximum Gasteiger partial charge on any atom is 0.451 e. The molecule has 100 valence electrons. The zero-order chi connectivity index (χ0) is 14.0. The van der Waals surface area contributed by atoms with Crippen LogP contribution >= 0.6 is 23.2 Å². The predicted molar refractivity (Wildman–Crippen MR) is 66.8 cm³/mol. The molecule has 0 fully saturated rings. The summed E-state index contributed by atoms with van der Waals surface area (Å²) >= 11 is 11.4. The number of nitrogens with zero attached hydrogens (tertiary/aromatic N) is 2. The molecule has 0 aliphatic rings. The van der Waals surface area contributed by atoms with Gasteiger partial charge in [0, 0.05) is 6.07 Å². The number of anilines is 2. The molecular weight excluding hydrogens is 302 g/mol. The second-order valence-corrected chi connectivity index (χ2v) is 4.30. The van der Waals surface area contributed by atoms with E-state index < -0.39 is 12.0 Å². The van der Waals surface area contributed by atoms with Gasteiger partial charge in [0.15, 0.2) is 0 Å². The molecule has 1 N–H and O–H groups in total. The lowest BCUT2D eigenvalue weighted by Gasteiger charge is -2.10. The highest BCUT2D eigenvalue weighted by molar-refractivity contribution is 6.33. The van der Waals surface area contributed by atoms with Gasteiger partial charge in [-0.25, -0.2) is 9.97 Å². The minimum absolute atomic E-state index is 0.0829. The van der Waals surface area contributed by atoms with Gasteiger partial charge in [-0.1, -0.05) is 35.3 Å². The second-order valence-electron chi connectivity index (χ2n) is 3.50. The molecule has 1 heterocycles. The smallest absolute Gasteiger partial charge is 0.339 e. The number of aromatic nitrogens is 2. The van der Waals surface area contributed by atoms with Gasteiger partial charge in [0.1, 0.15) is 11.0 Å². The van der Waals surface area contributed by atoms with Crippen LogP contribution in [0.4, 0.5) is 24.7 Å². The van der Waals surface area contributed by atoms with Crippen LogP contribution in [0.3, 0.4) is 0 Å². The largest absolute Gasteiger partial charge is 0.451 e. The van der Waals surface area contributed by atoms with Crippen LogP contribution < -0.4 is 5.32 Å². The second kappa shape index (κ2) is 5.22. The highest BCUT2D eigenvalue weighted by Crippen LogP contribution is 2.30. The molecule has 3 nitrogen and oxygen atoms in total. The lowest BCUT2D eigenvalue weighted by molar-refractivity contribution is -0.144. The lowest BCUT2D eigenvalue weighted by atomic mass is 10.3. The average Bonchev–Trinajstić information content (AvgIpc) is 2.30. The van der Waals surface area contributed by atoms with Crippen LogP contribution in [0.2, 0.25) is 10.2 Å². The maximum absolute atomic E-state index is 12.5. The third-order valence-corrected chi connectivity index (χ3v) is 2.61. The van der Waals surface area contributed by atoms with Crippen molar-refractivity contribution in [3.63, 3.8) is 0 Å². The van der Waals surface area contributed by atoms with E-state index in [0.717, 1.165) is 0 Å². The maximum atomic E-state index is 12.5. The SMILES string of the molecule is FC(F)(F)c1nc(Cl)cc(Nc2ccccc2Cl)n1. The topological polar surface area (TPSA) is 37.8 Å². The number of halogens is 5. The molecular formula is C11H6Cl2F3N3. The van der Waals surface area contributed by atoms with Crippen molar-refractivity contribution in [2.45, 2.75) is 6.18 Å². The first-order chi connectivity index (χ1) is 8.86. The van der Waals surface area contributed by atoms with E-state index in [-0.39, 0.29) is 11.0 Å². The number of rotatable bonds is 2. The summed E-state index contributed by atoms with van der Waals surface area (Å²) in [4.78, 5) is 6.48. The predicted octanol–water partition coefficient (Wildman–Crippen LogP) is 4.55. The molecule has 2 rings (SSSR count). The Balaban J connectivity index is 2.36. The van der Waals surface area contributed by atoms with E-state index in [4.69, 9.17) is 23.2 Å². The van der Waals surface area contributed by atoms with E-state index in [9.17, 15) is 13.2 Å². The number of benzene rings is 1. The zero-order valence-corrected chi connectivity index (χ0v) is 10.7.